The van der Waals surface area contributed by atoms with Crippen molar-refractivity contribution in [2.24, 2.45) is 0 Å². The summed E-state index contributed by atoms with van der Waals surface area (Å²) >= 11 is 0. The Morgan fingerprint density at radius 1 is 1.00 bits per heavy atom. The Morgan fingerprint density at radius 2 is 1.68 bits per heavy atom. The van der Waals surface area contributed by atoms with Crippen LogP contribution in [0.5, 0.6) is 0 Å². The Labute approximate surface area is 128 Å². The van der Waals surface area contributed by atoms with Crippen LogP contribution in [0, 0.1) is 13.8 Å². The van der Waals surface area contributed by atoms with Gasteiger partial charge in [-0.1, -0.05) is 29.4 Å². The molecule has 0 fully saturated rings. The molecule has 0 saturated carbocycles. The van der Waals surface area contributed by atoms with Crippen LogP contribution < -0.4 is 0 Å². The Balaban J connectivity index is 1.96. The normalized spacial score (nSPS) is 10.6. The molecule has 1 heterocycles. The fourth-order valence-corrected chi connectivity index (χ4v) is 2.44. The standard InChI is InChI=1S/C18H15NO3/c1-11-9-15(17-10-12(2)22-19-17)7-8-16(11)13-3-5-14(6-4-13)18(20)21/h3-10H,1-2H3,(H,20,21). The lowest BCUT2D eigenvalue weighted by Gasteiger charge is -2.08. The van der Waals surface area contributed by atoms with E-state index in [0.29, 0.717) is 0 Å². The second-order valence-corrected chi connectivity index (χ2v) is 5.24. The fourth-order valence-electron chi connectivity index (χ4n) is 2.44. The van der Waals surface area contributed by atoms with Gasteiger partial charge in [0.05, 0.1) is 5.56 Å². The van der Waals surface area contributed by atoms with Crippen molar-refractivity contribution in [2.75, 3.05) is 0 Å². The number of hydrogen-bond acceptors (Lipinski definition) is 3. The molecule has 110 valence electrons. The summed E-state index contributed by atoms with van der Waals surface area (Å²) in [7, 11) is 0. The topological polar surface area (TPSA) is 63.3 Å². The summed E-state index contributed by atoms with van der Waals surface area (Å²) in [5.74, 6) is -0.138. The SMILES string of the molecule is Cc1cc(-c2ccc(-c3ccc(C(=O)O)cc3)c(C)c2)no1. The summed E-state index contributed by atoms with van der Waals surface area (Å²) in [6.45, 7) is 3.89. The number of carboxylic acid groups (broad SMARTS) is 1. The molecular formula is C18H15NO3. The number of hydrogen-bond donors (Lipinski definition) is 1. The molecule has 0 aliphatic heterocycles. The van der Waals surface area contributed by atoms with Crippen molar-refractivity contribution in [3.05, 3.63) is 65.4 Å². The lowest BCUT2D eigenvalue weighted by Crippen LogP contribution is -1.95. The predicted molar refractivity (Wildman–Crippen MR) is 83.8 cm³/mol. The van der Waals surface area contributed by atoms with Crippen LogP contribution in [-0.4, -0.2) is 16.2 Å². The Hall–Kier alpha value is -2.88. The summed E-state index contributed by atoms with van der Waals surface area (Å²) in [5, 5.41) is 13.0. The number of aromatic carboxylic acids is 1. The van der Waals surface area contributed by atoms with Gasteiger partial charge in [-0.3, -0.25) is 0 Å². The van der Waals surface area contributed by atoms with Crippen molar-refractivity contribution in [1.82, 2.24) is 5.16 Å². The average Bonchev–Trinajstić information content (AvgIpc) is 2.94. The summed E-state index contributed by atoms with van der Waals surface area (Å²) in [4.78, 5) is 10.9. The van der Waals surface area contributed by atoms with Crippen LogP contribution in [0.25, 0.3) is 22.4 Å². The van der Waals surface area contributed by atoms with Crippen LogP contribution in [0.3, 0.4) is 0 Å². The van der Waals surface area contributed by atoms with Crippen LogP contribution in [0.2, 0.25) is 0 Å². The van der Waals surface area contributed by atoms with Gasteiger partial charge in [-0.25, -0.2) is 4.79 Å². The molecule has 2 aromatic carbocycles. The number of carbonyl (C=O) groups is 1. The maximum absolute atomic E-state index is 10.9. The molecule has 0 atom stereocenters. The first-order valence-electron chi connectivity index (χ1n) is 6.92. The molecule has 0 amide bonds. The summed E-state index contributed by atoms with van der Waals surface area (Å²) in [6.07, 6.45) is 0. The average molecular weight is 293 g/mol. The van der Waals surface area contributed by atoms with E-state index in [9.17, 15) is 4.79 Å². The number of benzene rings is 2. The van der Waals surface area contributed by atoms with Crippen LogP contribution in [-0.2, 0) is 0 Å². The second kappa shape index (κ2) is 5.48. The van der Waals surface area contributed by atoms with Crippen molar-refractivity contribution < 1.29 is 14.4 Å². The Bertz CT molecular complexity index is 832. The second-order valence-electron chi connectivity index (χ2n) is 5.24. The highest BCUT2D eigenvalue weighted by Crippen LogP contribution is 2.28. The van der Waals surface area contributed by atoms with Gasteiger partial charge in [0.2, 0.25) is 0 Å². The molecule has 0 aliphatic carbocycles. The number of nitrogens with zero attached hydrogens (tertiary/aromatic N) is 1. The highest BCUT2D eigenvalue weighted by atomic mass is 16.5. The summed E-state index contributed by atoms with van der Waals surface area (Å²) < 4.78 is 5.10. The molecule has 0 spiro atoms. The number of aromatic nitrogens is 1. The monoisotopic (exact) mass is 293 g/mol. The van der Waals surface area contributed by atoms with E-state index in [0.717, 1.165) is 33.7 Å². The number of carboxylic acids is 1. The van der Waals surface area contributed by atoms with E-state index in [4.69, 9.17) is 9.63 Å². The molecule has 1 N–H and O–H groups in total. The molecule has 4 nitrogen and oxygen atoms in total. The van der Waals surface area contributed by atoms with Crippen molar-refractivity contribution >= 4 is 5.97 Å². The molecule has 22 heavy (non-hydrogen) atoms. The van der Waals surface area contributed by atoms with E-state index in [-0.39, 0.29) is 5.56 Å². The number of aryl methyl sites for hydroxylation is 2. The lowest BCUT2D eigenvalue weighted by atomic mass is 9.97. The minimum atomic E-state index is -0.917. The zero-order valence-corrected chi connectivity index (χ0v) is 12.3. The van der Waals surface area contributed by atoms with Crippen LogP contribution in [0.15, 0.2) is 53.1 Å². The third-order valence-electron chi connectivity index (χ3n) is 3.59. The predicted octanol–water partition coefficient (Wildman–Crippen LogP) is 4.32. The minimum Gasteiger partial charge on any atom is -0.478 e. The number of rotatable bonds is 3. The van der Waals surface area contributed by atoms with Gasteiger partial charge in [0.1, 0.15) is 11.5 Å². The van der Waals surface area contributed by atoms with E-state index >= 15 is 0 Å². The van der Waals surface area contributed by atoms with E-state index in [1.165, 1.54) is 0 Å². The molecular weight excluding hydrogens is 278 g/mol. The summed E-state index contributed by atoms with van der Waals surface area (Å²) in [5.41, 5.74) is 5.26. The largest absolute Gasteiger partial charge is 0.478 e. The van der Waals surface area contributed by atoms with Crippen molar-refractivity contribution in [2.45, 2.75) is 13.8 Å². The third-order valence-corrected chi connectivity index (χ3v) is 3.59. The smallest absolute Gasteiger partial charge is 0.335 e. The zero-order valence-electron chi connectivity index (χ0n) is 12.3. The Kier molecular flexibility index (Phi) is 3.51. The van der Waals surface area contributed by atoms with Gasteiger partial charge in [0, 0.05) is 11.6 Å². The maximum atomic E-state index is 10.9. The first kappa shape index (κ1) is 14.1. The zero-order chi connectivity index (χ0) is 15.7. The van der Waals surface area contributed by atoms with Crippen LogP contribution in [0.1, 0.15) is 21.7 Å². The van der Waals surface area contributed by atoms with Crippen molar-refractivity contribution in [3.8, 4) is 22.4 Å². The van der Waals surface area contributed by atoms with E-state index < -0.39 is 5.97 Å². The molecule has 0 unspecified atom stereocenters. The molecule has 3 aromatic rings. The maximum Gasteiger partial charge on any atom is 0.335 e. The van der Waals surface area contributed by atoms with E-state index in [2.05, 4.69) is 11.2 Å². The first-order valence-corrected chi connectivity index (χ1v) is 6.92. The van der Waals surface area contributed by atoms with Gasteiger partial charge in [0.25, 0.3) is 0 Å². The molecule has 0 radical (unpaired) electrons. The molecule has 4 heteroatoms. The van der Waals surface area contributed by atoms with Gasteiger partial charge in [-0.05, 0) is 48.7 Å². The van der Waals surface area contributed by atoms with Gasteiger partial charge < -0.3 is 9.63 Å². The first-order chi connectivity index (χ1) is 10.5. The minimum absolute atomic E-state index is 0.288. The van der Waals surface area contributed by atoms with Crippen molar-refractivity contribution in [1.29, 1.82) is 0 Å². The molecule has 3 rings (SSSR count). The van der Waals surface area contributed by atoms with E-state index in [1.807, 2.05) is 44.2 Å². The molecule has 0 saturated heterocycles. The van der Waals surface area contributed by atoms with Crippen LogP contribution in [0.4, 0.5) is 0 Å². The van der Waals surface area contributed by atoms with Crippen molar-refractivity contribution in [3.63, 3.8) is 0 Å². The quantitative estimate of drug-likeness (QED) is 0.781. The summed E-state index contributed by atoms with van der Waals surface area (Å²) in [6, 6.07) is 14.8. The van der Waals surface area contributed by atoms with Gasteiger partial charge in [0.15, 0.2) is 0 Å². The molecule has 0 bridgehead atoms. The van der Waals surface area contributed by atoms with Crippen LogP contribution >= 0.6 is 0 Å². The lowest BCUT2D eigenvalue weighted by molar-refractivity contribution is 0.0697. The van der Waals surface area contributed by atoms with Gasteiger partial charge in [-0.15, -0.1) is 0 Å². The highest BCUT2D eigenvalue weighted by molar-refractivity contribution is 5.88. The van der Waals surface area contributed by atoms with Gasteiger partial charge in [-0.2, -0.15) is 0 Å². The van der Waals surface area contributed by atoms with E-state index in [1.54, 1.807) is 12.1 Å². The highest BCUT2D eigenvalue weighted by Gasteiger charge is 2.08. The molecule has 1 aromatic heterocycles. The Morgan fingerprint density at radius 3 is 2.23 bits per heavy atom. The third kappa shape index (κ3) is 2.63. The fraction of sp³-hybridized carbons (Fsp3) is 0.111. The molecule has 0 aliphatic rings. The van der Waals surface area contributed by atoms with Gasteiger partial charge >= 0.3 is 5.97 Å².